The fourth-order valence-electron chi connectivity index (χ4n) is 2.09. The lowest BCUT2D eigenvalue weighted by atomic mass is 9.98. The van der Waals surface area contributed by atoms with Crippen LogP contribution in [0.1, 0.15) is 23.2 Å². The minimum atomic E-state index is -0.540. The molecular weight excluding hydrogens is 255 g/mol. The normalized spacial score (nSPS) is 16.6. The number of hydrogen-bond donors (Lipinski definition) is 2. The number of piperidine rings is 1. The minimum Gasteiger partial charge on any atom is -0.352 e. The van der Waals surface area contributed by atoms with Gasteiger partial charge in [-0.2, -0.15) is 0 Å². The summed E-state index contributed by atoms with van der Waals surface area (Å²) in [5.74, 6) is -0.465. The molecule has 1 aromatic carbocycles. The molecule has 0 spiro atoms. The Labute approximate surface area is 111 Å². The molecule has 1 saturated heterocycles. The Morgan fingerprint density at radius 1 is 1.44 bits per heavy atom. The third-order valence-corrected chi connectivity index (χ3v) is 3.42. The molecule has 0 aromatic heterocycles. The van der Waals surface area contributed by atoms with Gasteiger partial charge in [0.25, 0.3) is 5.91 Å². The van der Waals surface area contributed by atoms with Crippen molar-refractivity contribution in [3.63, 3.8) is 0 Å². The van der Waals surface area contributed by atoms with Gasteiger partial charge in [-0.05, 0) is 50.0 Å². The second kappa shape index (κ2) is 6.16. The highest BCUT2D eigenvalue weighted by Gasteiger charge is 2.16. The molecule has 1 amide bonds. The summed E-state index contributed by atoms with van der Waals surface area (Å²) in [5, 5.41) is 6.40. The third-order valence-electron chi connectivity index (χ3n) is 3.18. The second-order valence-electron chi connectivity index (χ2n) is 4.53. The summed E-state index contributed by atoms with van der Waals surface area (Å²) in [7, 11) is 0. The van der Waals surface area contributed by atoms with Gasteiger partial charge in [0, 0.05) is 11.6 Å². The highest BCUT2D eigenvalue weighted by atomic mass is 35.5. The van der Waals surface area contributed by atoms with Crippen LogP contribution in [0.2, 0.25) is 5.02 Å². The van der Waals surface area contributed by atoms with E-state index >= 15 is 0 Å². The van der Waals surface area contributed by atoms with Crippen LogP contribution in [0, 0.1) is 11.7 Å². The van der Waals surface area contributed by atoms with Crippen LogP contribution in [0.25, 0.3) is 0 Å². The average Bonchev–Trinajstić information content (AvgIpc) is 2.40. The largest absolute Gasteiger partial charge is 0.352 e. The van der Waals surface area contributed by atoms with Crippen molar-refractivity contribution in [2.24, 2.45) is 5.92 Å². The van der Waals surface area contributed by atoms with Crippen LogP contribution in [0.15, 0.2) is 18.2 Å². The first-order chi connectivity index (χ1) is 8.66. The summed E-state index contributed by atoms with van der Waals surface area (Å²) >= 11 is 5.75. The van der Waals surface area contributed by atoms with Gasteiger partial charge in [-0.3, -0.25) is 4.79 Å². The van der Waals surface area contributed by atoms with Crippen molar-refractivity contribution in [1.29, 1.82) is 0 Å². The summed E-state index contributed by atoms with van der Waals surface area (Å²) in [4.78, 5) is 11.8. The van der Waals surface area contributed by atoms with Crippen molar-refractivity contribution in [3.05, 3.63) is 34.6 Å². The molecule has 18 heavy (non-hydrogen) atoms. The Hall–Kier alpha value is -1.13. The lowest BCUT2D eigenvalue weighted by Crippen LogP contribution is -2.36. The molecule has 3 nitrogen and oxygen atoms in total. The van der Waals surface area contributed by atoms with E-state index < -0.39 is 11.7 Å². The molecule has 1 fully saturated rings. The van der Waals surface area contributed by atoms with Crippen LogP contribution in [-0.2, 0) is 0 Å². The van der Waals surface area contributed by atoms with Crippen LogP contribution in [0.3, 0.4) is 0 Å². The molecule has 1 aromatic rings. The van der Waals surface area contributed by atoms with Crippen LogP contribution in [-0.4, -0.2) is 25.5 Å². The van der Waals surface area contributed by atoms with E-state index in [0.29, 0.717) is 17.5 Å². The molecule has 0 unspecified atom stereocenters. The molecule has 5 heteroatoms. The summed E-state index contributed by atoms with van der Waals surface area (Å²) in [5.41, 5.74) is 0.0106. The lowest BCUT2D eigenvalue weighted by Gasteiger charge is -2.22. The predicted molar refractivity (Wildman–Crippen MR) is 69.3 cm³/mol. The van der Waals surface area contributed by atoms with Gasteiger partial charge >= 0.3 is 0 Å². The van der Waals surface area contributed by atoms with Crippen LogP contribution in [0.5, 0.6) is 0 Å². The molecule has 0 bridgehead atoms. The average molecular weight is 271 g/mol. The van der Waals surface area contributed by atoms with Crippen molar-refractivity contribution in [2.45, 2.75) is 12.8 Å². The topological polar surface area (TPSA) is 41.1 Å². The number of benzene rings is 1. The van der Waals surface area contributed by atoms with Gasteiger partial charge in [-0.25, -0.2) is 4.39 Å². The number of rotatable bonds is 3. The number of amides is 1. The zero-order chi connectivity index (χ0) is 13.0. The van der Waals surface area contributed by atoms with E-state index in [0.717, 1.165) is 25.9 Å². The summed E-state index contributed by atoms with van der Waals surface area (Å²) in [6.45, 7) is 2.55. The van der Waals surface area contributed by atoms with E-state index in [4.69, 9.17) is 11.6 Å². The van der Waals surface area contributed by atoms with E-state index in [1.807, 2.05) is 0 Å². The van der Waals surface area contributed by atoms with E-state index in [1.54, 1.807) is 0 Å². The standard InChI is InChI=1S/C13H16ClFN2O/c14-10-1-2-12(15)11(7-10)13(18)17-8-9-3-5-16-6-4-9/h1-2,7,9,16H,3-6,8H2,(H,17,18). The first kappa shape index (κ1) is 13.3. The Balaban J connectivity index is 1.92. The Bertz CT molecular complexity index is 433. The molecule has 0 aliphatic carbocycles. The number of carbonyl (C=O) groups excluding carboxylic acids is 1. The Kier molecular flexibility index (Phi) is 4.55. The molecular formula is C13H16ClFN2O. The maximum atomic E-state index is 13.5. The summed E-state index contributed by atoms with van der Waals surface area (Å²) in [6.07, 6.45) is 2.08. The predicted octanol–water partition coefficient (Wildman–Crippen LogP) is 2.21. The maximum absolute atomic E-state index is 13.5. The van der Waals surface area contributed by atoms with Crippen molar-refractivity contribution >= 4 is 17.5 Å². The summed E-state index contributed by atoms with van der Waals surface area (Å²) < 4.78 is 13.5. The highest BCUT2D eigenvalue weighted by Crippen LogP contribution is 2.15. The maximum Gasteiger partial charge on any atom is 0.254 e. The molecule has 1 aliphatic heterocycles. The SMILES string of the molecule is O=C(NCC1CCNCC1)c1cc(Cl)ccc1F. The zero-order valence-electron chi connectivity index (χ0n) is 10.0. The summed E-state index contributed by atoms with van der Waals surface area (Å²) in [6, 6.07) is 4.00. The van der Waals surface area contributed by atoms with E-state index in [9.17, 15) is 9.18 Å². The molecule has 1 heterocycles. The van der Waals surface area contributed by atoms with Gasteiger partial charge in [-0.1, -0.05) is 11.6 Å². The van der Waals surface area contributed by atoms with Crippen molar-refractivity contribution < 1.29 is 9.18 Å². The van der Waals surface area contributed by atoms with Gasteiger partial charge in [0.1, 0.15) is 5.82 Å². The first-order valence-electron chi connectivity index (χ1n) is 6.11. The first-order valence-corrected chi connectivity index (χ1v) is 6.48. The van der Waals surface area contributed by atoms with Gasteiger partial charge in [0.05, 0.1) is 5.56 Å². The quantitative estimate of drug-likeness (QED) is 0.884. The Morgan fingerprint density at radius 3 is 2.89 bits per heavy atom. The number of carbonyl (C=O) groups is 1. The molecule has 1 aliphatic rings. The lowest BCUT2D eigenvalue weighted by molar-refractivity contribution is 0.0940. The minimum absolute atomic E-state index is 0.0106. The fraction of sp³-hybridized carbons (Fsp3) is 0.462. The van der Waals surface area contributed by atoms with E-state index in [1.165, 1.54) is 18.2 Å². The van der Waals surface area contributed by atoms with Crippen molar-refractivity contribution in [2.75, 3.05) is 19.6 Å². The third kappa shape index (κ3) is 3.43. The van der Waals surface area contributed by atoms with Gasteiger partial charge < -0.3 is 10.6 Å². The van der Waals surface area contributed by atoms with Crippen LogP contribution in [0.4, 0.5) is 4.39 Å². The van der Waals surface area contributed by atoms with Gasteiger partial charge in [0.2, 0.25) is 0 Å². The second-order valence-corrected chi connectivity index (χ2v) is 4.96. The van der Waals surface area contributed by atoms with E-state index in [2.05, 4.69) is 10.6 Å². The number of halogens is 2. The molecule has 2 N–H and O–H groups in total. The van der Waals surface area contributed by atoms with Gasteiger partial charge in [-0.15, -0.1) is 0 Å². The van der Waals surface area contributed by atoms with Crippen molar-refractivity contribution in [3.8, 4) is 0 Å². The molecule has 2 rings (SSSR count). The fourth-order valence-corrected chi connectivity index (χ4v) is 2.26. The highest BCUT2D eigenvalue weighted by molar-refractivity contribution is 6.30. The molecule has 98 valence electrons. The van der Waals surface area contributed by atoms with Gasteiger partial charge in [0.15, 0.2) is 0 Å². The number of hydrogen-bond acceptors (Lipinski definition) is 2. The monoisotopic (exact) mass is 270 g/mol. The van der Waals surface area contributed by atoms with E-state index in [-0.39, 0.29) is 5.56 Å². The molecule has 0 saturated carbocycles. The number of nitrogens with one attached hydrogen (secondary N) is 2. The van der Waals surface area contributed by atoms with Crippen molar-refractivity contribution in [1.82, 2.24) is 10.6 Å². The molecule has 0 radical (unpaired) electrons. The Morgan fingerprint density at radius 2 is 2.17 bits per heavy atom. The zero-order valence-corrected chi connectivity index (χ0v) is 10.8. The molecule has 0 atom stereocenters. The van der Waals surface area contributed by atoms with Crippen LogP contribution < -0.4 is 10.6 Å². The van der Waals surface area contributed by atoms with Crippen LogP contribution >= 0.6 is 11.6 Å². The smallest absolute Gasteiger partial charge is 0.254 e.